The van der Waals surface area contributed by atoms with E-state index in [2.05, 4.69) is 31.0 Å². The van der Waals surface area contributed by atoms with Crippen molar-refractivity contribution in [3.63, 3.8) is 0 Å². The second-order valence-electron chi connectivity index (χ2n) is 6.80. The van der Waals surface area contributed by atoms with Crippen LogP contribution in [0.15, 0.2) is 11.5 Å². The van der Waals surface area contributed by atoms with E-state index in [9.17, 15) is 4.21 Å². The first-order valence-corrected chi connectivity index (χ1v) is 8.65. The first-order chi connectivity index (χ1) is 8.88. The number of hydrogen-bond donors (Lipinski definition) is 0. The van der Waals surface area contributed by atoms with Gasteiger partial charge < -0.3 is 4.57 Å². The summed E-state index contributed by atoms with van der Waals surface area (Å²) in [5.41, 5.74) is 0.428. The van der Waals surface area contributed by atoms with E-state index >= 15 is 0 Å². The molecule has 19 heavy (non-hydrogen) atoms. The monoisotopic (exact) mass is 283 g/mol. The van der Waals surface area contributed by atoms with Crippen LogP contribution in [0.2, 0.25) is 0 Å². The molecular weight excluding hydrogens is 258 g/mol. The number of nitrogens with zero attached hydrogens (tertiary/aromatic N) is 3. The van der Waals surface area contributed by atoms with Gasteiger partial charge in [-0.2, -0.15) is 0 Å². The smallest absolute Gasteiger partial charge is 0.221 e. The van der Waals surface area contributed by atoms with Crippen LogP contribution in [0.1, 0.15) is 46.5 Å². The van der Waals surface area contributed by atoms with E-state index in [0.29, 0.717) is 16.5 Å². The summed E-state index contributed by atoms with van der Waals surface area (Å²) >= 11 is 0. The molecule has 1 saturated carbocycles. The minimum absolute atomic E-state index is 0.428. The molecular formula is C14H25N3OS. The van der Waals surface area contributed by atoms with Crippen LogP contribution in [0.4, 0.5) is 0 Å². The van der Waals surface area contributed by atoms with E-state index < -0.39 is 10.8 Å². The van der Waals surface area contributed by atoms with Crippen LogP contribution in [0.3, 0.4) is 0 Å². The Morgan fingerprint density at radius 2 is 1.95 bits per heavy atom. The van der Waals surface area contributed by atoms with Crippen molar-refractivity contribution >= 4 is 10.8 Å². The van der Waals surface area contributed by atoms with Gasteiger partial charge in [-0.05, 0) is 42.9 Å². The third-order valence-electron chi connectivity index (χ3n) is 4.36. The molecule has 0 aromatic carbocycles. The number of aromatic nitrogens is 3. The zero-order valence-corrected chi connectivity index (χ0v) is 13.2. The first-order valence-electron chi connectivity index (χ1n) is 7.09. The summed E-state index contributed by atoms with van der Waals surface area (Å²) in [7, 11) is -1.05. The van der Waals surface area contributed by atoms with Crippen molar-refractivity contribution in [1.82, 2.24) is 14.8 Å². The molecule has 5 heteroatoms. The molecule has 0 saturated heterocycles. The third kappa shape index (κ3) is 3.65. The number of rotatable bonds is 3. The Bertz CT molecular complexity index is 442. The van der Waals surface area contributed by atoms with Crippen LogP contribution in [0, 0.1) is 17.3 Å². The van der Waals surface area contributed by atoms with Gasteiger partial charge in [0.05, 0.1) is 10.8 Å². The second-order valence-corrected chi connectivity index (χ2v) is 8.08. The van der Waals surface area contributed by atoms with Crippen molar-refractivity contribution in [2.75, 3.05) is 6.26 Å². The third-order valence-corrected chi connectivity index (χ3v) is 5.19. The van der Waals surface area contributed by atoms with E-state index in [1.165, 1.54) is 25.7 Å². The van der Waals surface area contributed by atoms with E-state index in [1.807, 2.05) is 4.57 Å². The van der Waals surface area contributed by atoms with Gasteiger partial charge >= 0.3 is 0 Å². The highest BCUT2D eigenvalue weighted by Crippen LogP contribution is 2.40. The summed E-state index contributed by atoms with van der Waals surface area (Å²) in [6, 6.07) is 0. The van der Waals surface area contributed by atoms with E-state index in [4.69, 9.17) is 0 Å². The molecule has 1 aliphatic rings. The lowest BCUT2D eigenvalue weighted by Crippen LogP contribution is -2.27. The molecule has 0 N–H and O–H groups in total. The highest BCUT2D eigenvalue weighted by atomic mass is 32.2. The van der Waals surface area contributed by atoms with Crippen LogP contribution in [0.5, 0.6) is 0 Å². The van der Waals surface area contributed by atoms with Crippen molar-refractivity contribution in [2.45, 2.75) is 58.2 Å². The van der Waals surface area contributed by atoms with Gasteiger partial charge in [-0.15, -0.1) is 10.2 Å². The first kappa shape index (κ1) is 14.7. The molecule has 0 bridgehead atoms. The maximum absolute atomic E-state index is 11.5. The largest absolute Gasteiger partial charge is 0.306 e. The van der Waals surface area contributed by atoms with E-state index in [-0.39, 0.29) is 0 Å². The maximum atomic E-state index is 11.5. The van der Waals surface area contributed by atoms with E-state index in [1.54, 1.807) is 12.6 Å². The summed E-state index contributed by atoms with van der Waals surface area (Å²) in [6.45, 7) is 7.95. The van der Waals surface area contributed by atoms with Crippen molar-refractivity contribution in [1.29, 1.82) is 0 Å². The van der Waals surface area contributed by atoms with Crippen LogP contribution in [-0.4, -0.2) is 25.2 Å². The Balaban J connectivity index is 1.92. The minimum Gasteiger partial charge on any atom is -0.306 e. The van der Waals surface area contributed by atoms with Crippen LogP contribution < -0.4 is 0 Å². The lowest BCUT2D eigenvalue weighted by Gasteiger charge is -2.37. The molecule has 1 aromatic rings. The quantitative estimate of drug-likeness (QED) is 0.857. The van der Waals surface area contributed by atoms with Crippen molar-refractivity contribution < 1.29 is 4.21 Å². The zero-order chi connectivity index (χ0) is 14.0. The Labute approximate surface area is 118 Å². The Hall–Kier alpha value is -0.710. The predicted octanol–water partition coefficient (Wildman–Crippen LogP) is 2.87. The molecule has 1 aliphatic carbocycles. The predicted molar refractivity (Wildman–Crippen MR) is 77.3 cm³/mol. The minimum atomic E-state index is -1.05. The Morgan fingerprint density at radius 1 is 1.32 bits per heavy atom. The zero-order valence-electron chi connectivity index (χ0n) is 12.4. The fourth-order valence-corrected chi connectivity index (χ4v) is 3.70. The number of hydrogen-bond acceptors (Lipinski definition) is 3. The van der Waals surface area contributed by atoms with Gasteiger partial charge in [0.15, 0.2) is 0 Å². The fraction of sp³-hybridized carbons (Fsp3) is 0.857. The summed E-state index contributed by atoms with van der Waals surface area (Å²) < 4.78 is 13.5. The van der Waals surface area contributed by atoms with Gasteiger partial charge in [-0.1, -0.05) is 20.8 Å². The second kappa shape index (κ2) is 5.73. The average Bonchev–Trinajstić information content (AvgIpc) is 2.77. The van der Waals surface area contributed by atoms with Gasteiger partial charge in [0.25, 0.3) is 0 Å². The topological polar surface area (TPSA) is 47.8 Å². The molecule has 1 heterocycles. The highest BCUT2D eigenvalue weighted by molar-refractivity contribution is 7.84. The van der Waals surface area contributed by atoms with Gasteiger partial charge in [-0.25, -0.2) is 0 Å². The average molecular weight is 283 g/mol. The molecule has 1 aromatic heterocycles. The van der Waals surface area contributed by atoms with Gasteiger partial charge in [0.1, 0.15) is 6.33 Å². The maximum Gasteiger partial charge on any atom is 0.221 e. The molecule has 0 aliphatic heterocycles. The van der Waals surface area contributed by atoms with Gasteiger partial charge in [0, 0.05) is 12.8 Å². The summed E-state index contributed by atoms with van der Waals surface area (Å²) in [5.74, 6) is 1.52. The normalized spacial score (nSPS) is 26.3. The summed E-state index contributed by atoms with van der Waals surface area (Å²) in [4.78, 5) is 0. The summed E-state index contributed by atoms with van der Waals surface area (Å²) in [5, 5.41) is 8.44. The molecule has 4 nitrogen and oxygen atoms in total. The Kier molecular flexibility index (Phi) is 4.43. The molecule has 1 unspecified atom stereocenters. The standard InChI is InChI=1S/C14H25N3OS/c1-14(2,3)12-7-5-11(6-8-12)9-17-10-15-16-13(17)19(4)18/h10-12H,5-9H2,1-4H3. The SMILES string of the molecule is CS(=O)c1nncn1CC1CCC(C(C)(C)C)CC1. The fourth-order valence-electron chi connectivity index (χ4n) is 3.08. The Morgan fingerprint density at radius 3 is 2.47 bits per heavy atom. The van der Waals surface area contributed by atoms with Gasteiger partial charge in [0.2, 0.25) is 5.16 Å². The van der Waals surface area contributed by atoms with Crippen LogP contribution in [0.25, 0.3) is 0 Å². The van der Waals surface area contributed by atoms with Crippen molar-refractivity contribution in [3.05, 3.63) is 6.33 Å². The van der Waals surface area contributed by atoms with Crippen LogP contribution in [-0.2, 0) is 17.3 Å². The molecule has 0 radical (unpaired) electrons. The molecule has 1 fully saturated rings. The van der Waals surface area contributed by atoms with E-state index in [0.717, 1.165) is 12.5 Å². The van der Waals surface area contributed by atoms with Crippen LogP contribution >= 0.6 is 0 Å². The summed E-state index contributed by atoms with van der Waals surface area (Å²) in [6.07, 6.45) is 8.51. The highest BCUT2D eigenvalue weighted by Gasteiger charge is 2.30. The molecule has 0 amide bonds. The lowest BCUT2D eigenvalue weighted by atomic mass is 9.70. The van der Waals surface area contributed by atoms with Gasteiger partial charge in [-0.3, -0.25) is 4.21 Å². The lowest BCUT2D eigenvalue weighted by molar-refractivity contribution is 0.142. The van der Waals surface area contributed by atoms with Crippen molar-refractivity contribution in [2.24, 2.45) is 17.3 Å². The molecule has 108 valence electrons. The molecule has 0 spiro atoms. The molecule has 1 atom stereocenters. The molecule has 2 rings (SSSR count). The van der Waals surface area contributed by atoms with Crippen molar-refractivity contribution in [3.8, 4) is 0 Å².